The minimum Gasteiger partial charge on any atom is -0.454 e. The van der Waals surface area contributed by atoms with Gasteiger partial charge in [-0.25, -0.2) is 4.98 Å². The summed E-state index contributed by atoms with van der Waals surface area (Å²) in [6, 6.07) is 5.91. The van der Waals surface area contributed by atoms with Gasteiger partial charge < -0.3 is 14.8 Å². The Morgan fingerprint density at radius 2 is 2.11 bits per heavy atom. The number of aromatic nitrogens is 2. The van der Waals surface area contributed by atoms with Crippen LogP contribution < -0.4 is 14.8 Å². The van der Waals surface area contributed by atoms with Gasteiger partial charge in [-0.05, 0) is 24.6 Å². The molecule has 1 aliphatic rings. The van der Waals surface area contributed by atoms with Crippen LogP contribution in [-0.2, 0) is 0 Å². The Hall–Kier alpha value is -2.01. The summed E-state index contributed by atoms with van der Waals surface area (Å²) in [7, 11) is 0. The lowest BCUT2D eigenvalue weighted by atomic mass is 10.1. The van der Waals surface area contributed by atoms with Crippen molar-refractivity contribution in [3.05, 3.63) is 41.3 Å². The minimum absolute atomic E-state index is 0.0577. The van der Waals surface area contributed by atoms with Gasteiger partial charge in [0.1, 0.15) is 11.0 Å². The number of hydrogen-bond donors (Lipinski definition) is 1. The monoisotopic (exact) mass is 277 g/mol. The van der Waals surface area contributed by atoms with Crippen molar-refractivity contribution >= 4 is 17.4 Å². The van der Waals surface area contributed by atoms with Crippen LogP contribution in [0.3, 0.4) is 0 Å². The first-order chi connectivity index (χ1) is 9.22. The molecular formula is C13H12ClN3O2. The molecule has 2 aromatic rings. The number of ether oxygens (including phenoxy) is 2. The summed E-state index contributed by atoms with van der Waals surface area (Å²) >= 11 is 5.80. The molecule has 0 fully saturated rings. The van der Waals surface area contributed by atoms with Crippen molar-refractivity contribution in [2.45, 2.75) is 13.0 Å². The predicted molar refractivity (Wildman–Crippen MR) is 71.6 cm³/mol. The predicted octanol–water partition coefficient (Wildman–Crippen LogP) is 3.03. The molecule has 5 nitrogen and oxygen atoms in total. The molecule has 1 N–H and O–H groups in total. The Balaban J connectivity index is 1.78. The van der Waals surface area contributed by atoms with Gasteiger partial charge in [-0.15, -0.1) is 0 Å². The van der Waals surface area contributed by atoms with Gasteiger partial charge in [-0.3, -0.25) is 4.98 Å². The molecule has 6 heteroatoms. The highest BCUT2D eigenvalue weighted by atomic mass is 35.5. The lowest BCUT2D eigenvalue weighted by Gasteiger charge is -2.15. The van der Waals surface area contributed by atoms with Gasteiger partial charge in [0, 0.05) is 0 Å². The molecule has 98 valence electrons. The van der Waals surface area contributed by atoms with Gasteiger partial charge in [-0.1, -0.05) is 17.7 Å². The number of halogens is 1. The van der Waals surface area contributed by atoms with Crippen molar-refractivity contribution in [2.24, 2.45) is 0 Å². The number of fused-ring (bicyclic) bond motifs is 1. The van der Waals surface area contributed by atoms with Gasteiger partial charge in [0.15, 0.2) is 11.5 Å². The van der Waals surface area contributed by atoms with E-state index < -0.39 is 0 Å². The number of nitrogens with zero attached hydrogens (tertiary/aromatic N) is 2. The molecule has 0 saturated heterocycles. The van der Waals surface area contributed by atoms with Crippen LogP contribution in [0.5, 0.6) is 11.5 Å². The van der Waals surface area contributed by atoms with Crippen molar-refractivity contribution in [2.75, 3.05) is 12.1 Å². The maximum absolute atomic E-state index is 5.80. The van der Waals surface area contributed by atoms with Crippen LogP contribution in [0, 0.1) is 0 Å². The molecule has 19 heavy (non-hydrogen) atoms. The zero-order valence-corrected chi connectivity index (χ0v) is 11.0. The molecule has 1 aromatic heterocycles. The van der Waals surface area contributed by atoms with E-state index in [1.54, 1.807) is 6.20 Å². The first kappa shape index (κ1) is 12.0. The Bertz CT molecular complexity index is 606. The topological polar surface area (TPSA) is 56.3 Å². The van der Waals surface area contributed by atoms with E-state index in [-0.39, 0.29) is 12.8 Å². The largest absolute Gasteiger partial charge is 0.454 e. The van der Waals surface area contributed by atoms with Crippen molar-refractivity contribution in [1.29, 1.82) is 0 Å². The van der Waals surface area contributed by atoms with Crippen LogP contribution in [0.2, 0.25) is 5.15 Å². The van der Waals surface area contributed by atoms with Crippen molar-refractivity contribution < 1.29 is 9.47 Å². The summed E-state index contributed by atoms with van der Waals surface area (Å²) in [4.78, 5) is 8.13. The molecule has 1 unspecified atom stereocenters. The number of hydrogen-bond acceptors (Lipinski definition) is 5. The molecule has 1 atom stereocenters. The molecule has 0 radical (unpaired) electrons. The van der Waals surface area contributed by atoms with E-state index in [1.807, 2.05) is 25.1 Å². The van der Waals surface area contributed by atoms with Crippen LogP contribution >= 0.6 is 11.6 Å². The summed E-state index contributed by atoms with van der Waals surface area (Å²) in [5.41, 5.74) is 1.08. The smallest absolute Gasteiger partial charge is 0.231 e. The van der Waals surface area contributed by atoms with E-state index >= 15 is 0 Å². The normalized spacial score (nSPS) is 14.2. The second-order valence-corrected chi connectivity index (χ2v) is 4.59. The van der Waals surface area contributed by atoms with Crippen LogP contribution in [0.25, 0.3) is 0 Å². The zero-order valence-electron chi connectivity index (χ0n) is 10.3. The highest BCUT2D eigenvalue weighted by molar-refractivity contribution is 6.29. The third-order valence-corrected chi connectivity index (χ3v) is 3.05. The third-order valence-electron chi connectivity index (χ3n) is 2.87. The first-order valence-electron chi connectivity index (χ1n) is 5.86. The van der Waals surface area contributed by atoms with E-state index in [0.717, 1.165) is 17.1 Å². The van der Waals surface area contributed by atoms with Gasteiger partial charge in [0.05, 0.1) is 18.4 Å². The maximum atomic E-state index is 5.80. The fourth-order valence-electron chi connectivity index (χ4n) is 1.90. The molecule has 0 amide bonds. The van der Waals surface area contributed by atoms with E-state index in [1.165, 1.54) is 6.20 Å². The van der Waals surface area contributed by atoms with Crippen LogP contribution in [-0.4, -0.2) is 16.8 Å². The molecule has 0 aliphatic carbocycles. The van der Waals surface area contributed by atoms with Gasteiger partial charge in [0.2, 0.25) is 6.79 Å². The van der Waals surface area contributed by atoms with Crippen molar-refractivity contribution in [3.8, 4) is 11.5 Å². The van der Waals surface area contributed by atoms with Crippen molar-refractivity contribution in [1.82, 2.24) is 9.97 Å². The van der Waals surface area contributed by atoms with Crippen molar-refractivity contribution in [3.63, 3.8) is 0 Å². The van der Waals surface area contributed by atoms with Crippen LogP contribution in [0.15, 0.2) is 30.6 Å². The summed E-state index contributed by atoms with van der Waals surface area (Å²) in [6.45, 7) is 2.31. The maximum Gasteiger partial charge on any atom is 0.231 e. The first-order valence-corrected chi connectivity index (χ1v) is 6.24. The standard InChI is InChI=1S/C13H12ClN3O2/c1-8(16-13-6-15-5-12(14)17-13)9-2-3-10-11(4-9)19-7-18-10/h2-6,8H,7H2,1H3,(H,16,17). The number of nitrogens with one attached hydrogen (secondary N) is 1. The molecule has 2 heterocycles. The molecule has 0 saturated carbocycles. The highest BCUT2D eigenvalue weighted by Gasteiger charge is 2.15. The van der Waals surface area contributed by atoms with E-state index in [4.69, 9.17) is 21.1 Å². The lowest BCUT2D eigenvalue weighted by molar-refractivity contribution is 0.174. The zero-order chi connectivity index (χ0) is 13.2. The molecule has 1 aromatic carbocycles. The average Bonchev–Trinajstić information content (AvgIpc) is 2.85. The quantitative estimate of drug-likeness (QED) is 0.934. The molecule has 1 aliphatic heterocycles. The Morgan fingerprint density at radius 1 is 1.26 bits per heavy atom. The summed E-state index contributed by atoms with van der Waals surface area (Å²) < 4.78 is 10.6. The fraction of sp³-hybridized carbons (Fsp3) is 0.231. The Labute approximate surface area is 115 Å². The summed E-state index contributed by atoms with van der Waals surface area (Å²) in [6.07, 6.45) is 3.13. The number of benzene rings is 1. The third kappa shape index (κ3) is 2.56. The second-order valence-electron chi connectivity index (χ2n) is 4.21. The van der Waals surface area contributed by atoms with Crippen LogP contribution in [0.4, 0.5) is 5.82 Å². The van der Waals surface area contributed by atoms with Gasteiger partial charge >= 0.3 is 0 Å². The molecule has 0 spiro atoms. The molecule has 0 bridgehead atoms. The van der Waals surface area contributed by atoms with Gasteiger partial charge in [-0.2, -0.15) is 0 Å². The Kier molecular flexibility index (Phi) is 3.13. The fourth-order valence-corrected chi connectivity index (χ4v) is 2.05. The summed E-state index contributed by atoms with van der Waals surface area (Å²) in [5, 5.41) is 3.60. The van der Waals surface area contributed by atoms with Gasteiger partial charge in [0.25, 0.3) is 0 Å². The summed E-state index contributed by atoms with van der Waals surface area (Å²) in [5.74, 6) is 2.18. The Morgan fingerprint density at radius 3 is 2.95 bits per heavy atom. The second kappa shape index (κ2) is 4.93. The van der Waals surface area contributed by atoms with E-state index in [9.17, 15) is 0 Å². The molecular weight excluding hydrogens is 266 g/mol. The number of rotatable bonds is 3. The highest BCUT2D eigenvalue weighted by Crippen LogP contribution is 2.34. The SMILES string of the molecule is CC(Nc1cncc(Cl)n1)c1ccc2c(c1)OCO2. The average molecular weight is 278 g/mol. The van der Waals surface area contributed by atoms with E-state index in [0.29, 0.717) is 11.0 Å². The lowest BCUT2D eigenvalue weighted by Crippen LogP contribution is -2.08. The number of anilines is 1. The molecule has 3 rings (SSSR count). The van der Waals surface area contributed by atoms with Crippen LogP contribution in [0.1, 0.15) is 18.5 Å². The van der Waals surface area contributed by atoms with E-state index in [2.05, 4.69) is 15.3 Å². The minimum atomic E-state index is 0.0577.